The molecule has 1 heterocycles. The number of aromatic amines is 1. The summed E-state index contributed by atoms with van der Waals surface area (Å²) in [6, 6.07) is 12.6. The Balaban J connectivity index is 1.86. The largest absolute Gasteiger partial charge is 0.370 e. The van der Waals surface area contributed by atoms with Gasteiger partial charge in [-0.05, 0) is 62.3 Å². The third-order valence-electron chi connectivity index (χ3n) is 10.2. The third-order valence-corrected chi connectivity index (χ3v) is 10.2. The van der Waals surface area contributed by atoms with Gasteiger partial charge in [-0.25, -0.2) is 0 Å². The minimum atomic E-state index is -1.26. The predicted molar refractivity (Wildman–Crippen MR) is 245 cm³/mol. The van der Waals surface area contributed by atoms with Gasteiger partial charge in [-0.1, -0.05) is 61.9 Å². The number of carbonyl (C=O) groups excluding carboxylic acids is 8. The highest BCUT2D eigenvalue weighted by Gasteiger charge is 2.31. The molecule has 0 saturated carbocycles. The van der Waals surface area contributed by atoms with E-state index >= 15 is 0 Å². The molecule has 0 saturated heterocycles. The number of amides is 8. The molecule has 354 valence electrons. The van der Waals surface area contributed by atoms with Crippen LogP contribution in [0.3, 0.4) is 0 Å². The number of aliphatic imine (C=N–C) groups is 1. The fourth-order valence-electron chi connectivity index (χ4n) is 6.82. The summed E-state index contributed by atoms with van der Waals surface area (Å²) in [7, 11) is 0. The van der Waals surface area contributed by atoms with Crippen molar-refractivity contribution in [3.05, 3.63) is 71.9 Å². The van der Waals surface area contributed by atoms with E-state index in [1.807, 2.05) is 31.2 Å². The first-order valence-corrected chi connectivity index (χ1v) is 21.7. The standard InChI is InChI=1S/C44H65N13O8/c1-3-4-21-56(29(2)58)27-39(61)51-25-38(60)54-35(17-10-11-19-45)43(65)57(26-30-13-6-5-7-14-30)28-40(62)53-34(18-12-20-49-44(47)48)42(64)55-36(41(63)52-24-37(46)59)22-31-23-50-33-16-9-8-15-32(31)33/h5-9,13-16,23,34-36,50H,3-4,10-12,17-22,24-28,45H2,1-2H3,(H2,46,59)(H,51,61)(H,52,63)(H,53,62)(H,54,60)(H,55,64)(H4,47,48,49)/t34-,35-,36-/m0/s1. The van der Waals surface area contributed by atoms with Gasteiger partial charge in [0, 0.05) is 50.1 Å². The summed E-state index contributed by atoms with van der Waals surface area (Å²) in [5.74, 6) is -5.25. The minimum Gasteiger partial charge on any atom is -0.370 e. The molecule has 65 heavy (non-hydrogen) atoms. The van der Waals surface area contributed by atoms with E-state index in [-0.39, 0.29) is 57.2 Å². The maximum atomic E-state index is 14.4. The molecule has 21 nitrogen and oxygen atoms in total. The fraction of sp³-hybridized carbons (Fsp3) is 0.477. The Morgan fingerprint density at radius 1 is 0.708 bits per heavy atom. The van der Waals surface area contributed by atoms with E-state index in [1.165, 1.54) is 16.7 Å². The van der Waals surface area contributed by atoms with Crippen LogP contribution in [0.2, 0.25) is 0 Å². The van der Waals surface area contributed by atoms with Crippen molar-refractivity contribution in [2.45, 2.75) is 89.9 Å². The number of unbranched alkanes of at least 4 members (excludes halogenated alkanes) is 2. The monoisotopic (exact) mass is 904 g/mol. The summed E-state index contributed by atoms with van der Waals surface area (Å²) in [5.41, 5.74) is 24.2. The number of nitrogens with one attached hydrogen (secondary N) is 6. The molecule has 8 amide bonds. The molecule has 0 radical (unpaired) electrons. The molecule has 3 atom stereocenters. The van der Waals surface area contributed by atoms with Crippen LogP contribution < -0.4 is 49.5 Å². The number of nitrogens with zero attached hydrogens (tertiary/aromatic N) is 3. The summed E-state index contributed by atoms with van der Waals surface area (Å²) < 4.78 is 0. The molecule has 0 aliphatic rings. The highest BCUT2D eigenvalue weighted by Crippen LogP contribution is 2.19. The Hall–Kier alpha value is -7.03. The molecule has 0 fully saturated rings. The fourth-order valence-corrected chi connectivity index (χ4v) is 6.82. The van der Waals surface area contributed by atoms with Crippen molar-refractivity contribution in [2.24, 2.45) is 27.9 Å². The molecule has 0 unspecified atom stereocenters. The van der Waals surface area contributed by atoms with Gasteiger partial charge < -0.3 is 64.3 Å². The Labute approximate surface area is 378 Å². The molecule has 0 aliphatic carbocycles. The van der Waals surface area contributed by atoms with E-state index in [1.54, 1.807) is 36.5 Å². The maximum Gasteiger partial charge on any atom is 0.245 e. The van der Waals surface area contributed by atoms with Crippen LogP contribution in [-0.2, 0) is 51.3 Å². The van der Waals surface area contributed by atoms with Crippen molar-refractivity contribution in [2.75, 3.05) is 45.8 Å². The lowest BCUT2D eigenvalue weighted by Gasteiger charge is -2.29. The van der Waals surface area contributed by atoms with Gasteiger partial charge in [-0.3, -0.25) is 43.3 Å². The van der Waals surface area contributed by atoms with Crippen LogP contribution in [0.1, 0.15) is 69.9 Å². The number of rotatable bonds is 29. The molecule has 3 rings (SSSR count). The molecule has 1 aromatic heterocycles. The zero-order valence-electron chi connectivity index (χ0n) is 37.2. The number of hydrogen-bond donors (Lipinski definition) is 10. The predicted octanol–water partition coefficient (Wildman–Crippen LogP) is -1.26. The van der Waals surface area contributed by atoms with Crippen LogP contribution in [0.15, 0.2) is 65.8 Å². The van der Waals surface area contributed by atoms with Crippen molar-refractivity contribution in [3.63, 3.8) is 0 Å². The van der Waals surface area contributed by atoms with E-state index in [0.29, 0.717) is 43.5 Å². The van der Waals surface area contributed by atoms with E-state index in [9.17, 15) is 38.4 Å². The van der Waals surface area contributed by atoms with Gasteiger partial charge in [0.1, 0.15) is 18.1 Å². The number of primary amides is 1. The Morgan fingerprint density at radius 2 is 1.38 bits per heavy atom. The van der Waals surface area contributed by atoms with Gasteiger partial charge in [0.15, 0.2) is 5.96 Å². The number of aromatic nitrogens is 1. The van der Waals surface area contributed by atoms with E-state index in [4.69, 9.17) is 22.9 Å². The van der Waals surface area contributed by atoms with Gasteiger partial charge in [0.05, 0.1) is 26.2 Å². The smallest absolute Gasteiger partial charge is 0.245 e. The molecular formula is C44H65N13O8. The van der Waals surface area contributed by atoms with Crippen molar-refractivity contribution >= 4 is 64.1 Å². The van der Waals surface area contributed by atoms with E-state index in [0.717, 1.165) is 17.3 Å². The summed E-state index contributed by atoms with van der Waals surface area (Å²) >= 11 is 0. The Bertz CT molecular complexity index is 2090. The minimum absolute atomic E-state index is 0.00509. The highest BCUT2D eigenvalue weighted by molar-refractivity contribution is 5.96. The SMILES string of the molecule is CCCCN(CC(=O)NCC(=O)N[C@@H](CCCCN)C(=O)N(CC(=O)N[C@@H](CCCN=C(N)N)C(=O)N[C@@H](Cc1c[nH]c2ccccc12)C(=O)NCC(N)=O)Cc1ccccc1)C(C)=O. The first-order chi connectivity index (χ1) is 31.1. The van der Waals surface area contributed by atoms with Crippen molar-refractivity contribution in [1.29, 1.82) is 0 Å². The molecule has 0 aliphatic heterocycles. The second-order valence-electron chi connectivity index (χ2n) is 15.5. The topological polar surface area (TPSA) is 335 Å². The lowest BCUT2D eigenvalue weighted by molar-refractivity contribution is -0.141. The zero-order valence-corrected chi connectivity index (χ0v) is 37.2. The van der Waals surface area contributed by atoms with Crippen LogP contribution in [0.25, 0.3) is 10.9 Å². The molecule has 2 aromatic carbocycles. The van der Waals surface area contributed by atoms with Gasteiger partial charge in [-0.2, -0.15) is 0 Å². The van der Waals surface area contributed by atoms with Crippen molar-refractivity contribution in [3.8, 4) is 0 Å². The lowest BCUT2D eigenvalue weighted by Crippen LogP contribution is -2.57. The first kappa shape index (κ1) is 52.3. The number of guanidine groups is 1. The van der Waals surface area contributed by atoms with Gasteiger partial charge in [0.25, 0.3) is 0 Å². The number of hydrogen-bond acceptors (Lipinski definition) is 10. The third kappa shape index (κ3) is 19.1. The summed E-state index contributed by atoms with van der Waals surface area (Å²) in [6.07, 6.45) is 4.61. The molecule has 14 N–H and O–H groups in total. The lowest BCUT2D eigenvalue weighted by atomic mass is 10.0. The van der Waals surface area contributed by atoms with Crippen molar-refractivity contribution in [1.82, 2.24) is 41.4 Å². The van der Waals surface area contributed by atoms with Crippen molar-refractivity contribution < 1.29 is 38.4 Å². The van der Waals surface area contributed by atoms with Crippen LogP contribution >= 0.6 is 0 Å². The molecule has 21 heteroatoms. The molecule has 0 bridgehead atoms. The molecule has 3 aromatic rings. The number of benzene rings is 2. The Morgan fingerprint density at radius 3 is 2.06 bits per heavy atom. The maximum absolute atomic E-state index is 14.4. The van der Waals surface area contributed by atoms with Gasteiger partial charge in [-0.15, -0.1) is 0 Å². The zero-order chi connectivity index (χ0) is 47.7. The number of carbonyl (C=O) groups is 8. The highest BCUT2D eigenvalue weighted by atomic mass is 16.2. The normalized spacial score (nSPS) is 12.2. The number of H-pyrrole nitrogens is 1. The number of fused-ring (bicyclic) bond motifs is 1. The first-order valence-electron chi connectivity index (χ1n) is 21.7. The summed E-state index contributed by atoms with van der Waals surface area (Å²) in [5, 5.41) is 13.9. The van der Waals surface area contributed by atoms with E-state index < -0.39 is 79.1 Å². The summed E-state index contributed by atoms with van der Waals surface area (Å²) in [6.45, 7) is 2.34. The molecular weight excluding hydrogens is 839 g/mol. The summed E-state index contributed by atoms with van der Waals surface area (Å²) in [4.78, 5) is 115. The number of nitrogens with two attached hydrogens (primary N) is 4. The number of para-hydroxylation sites is 1. The van der Waals surface area contributed by atoms with Crippen LogP contribution in [0.4, 0.5) is 0 Å². The van der Waals surface area contributed by atoms with Gasteiger partial charge >= 0.3 is 0 Å². The van der Waals surface area contributed by atoms with Crippen LogP contribution in [0, 0.1) is 0 Å². The average molecular weight is 904 g/mol. The van der Waals surface area contributed by atoms with E-state index in [2.05, 4.69) is 36.6 Å². The molecule has 0 spiro atoms. The second kappa shape index (κ2) is 27.9. The van der Waals surface area contributed by atoms with Gasteiger partial charge in [0.2, 0.25) is 47.3 Å². The quantitative estimate of drug-likeness (QED) is 0.0223. The Kier molecular flexibility index (Phi) is 22.5. The van der Waals surface area contributed by atoms with Crippen LogP contribution in [0.5, 0.6) is 0 Å². The second-order valence-corrected chi connectivity index (χ2v) is 15.5. The average Bonchev–Trinajstić information content (AvgIpc) is 3.68. The van der Waals surface area contributed by atoms with Crippen LogP contribution in [-0.4, -0.2) is 132 Å².